The highest BCUT2D eigenvalue weighted by Crippen LogP contribution is 2.43. The van der Waals surface area contributed by atoms with E-state index >= 15 is 0 Å². The first-order chi connectivity index (χ1) is 9.20. The van der Waals surface area contributed by atoms with Crippen LogP contribution in [0.15, 0.2) is 42.5 Å². The van der Waals surface area contributed by atoms with Gasteiger partial charge in [0.1, 0.15) is 11.6 Å². The van der Waals surface area contributed by atoms with Crippen LogP contribution in [0.2, 0.25) is 0 Å². The van der Waals surface area contributed by atoms with Crippen LogP contribution in [0.3, 0.4) is 0 Å². The molecule has 2 aromatic rings. The van der Waals surface area contributed by atoms with Crippen molar-refractivity contribution in [2.75, 3.05) is 0 Å². The number of halogens is 2. The summed E-state index contributed by atoms with van der Waals surface area (Å²) in [6, 6.07) is 11.0. The van der Waals surface area contributed by atoms with E-state index < -0.39 is 17.7 Å². The molecule has 0 spiro atoms. The smallest absolute Gasteiger partial charge is 0.128 e. The Morgan fingerprint density at radius 2 is 1.95 bits per heavy atom. The van der Waals surface area contributed by atoms with Crippen LogP contribution in [0.4, 0.5) is 8.78 Å². The monoisotopic (exact) mass is 260 g/mol. The first-order valence-electron chi connectivity index (χ1n) is 6.19. The first kappa shape index (κ1) is 12.3. The Labute approximate surface area is 110 Å². The van der Waals surface area contributed by atoms with Crippen LogP contribution in [-0.2, 0) is 6.42 Å². The van der Waals surface area contributed by atoms with Gasteiger partial charge in [-0.3, -0.25) is 11.3 Å². The lowest BCUT2D eigenvalue weighted by Crippen LogP contribution is -2.37. The molecule has 0 heterocycles. The van der Waals surface area contributed by atoms with Crippen molar-refractivity contribution in [3.05, 3.63) is 70.8 Å². The van der Waals surface area contributed by atoms with Gasteiger partial charge in [0.25, 0.3) is 0 Å². The molecule has 0 amide bonds. The summed E-state index contributed by atoms with van der Waals surface area (Å²) in [6.07, 6.45) is 0.820. The Balaban J connectivity index is 1.97. The topological polar surface area (TPSA) is 38.0 Å². The molecule has 3 N–H and O–H groups in total. The minimum Gasteiger partial charge on any atom is -0.271 e. The minimum atomic E-state index is -0.454. The van der Waals surface area contributed by atoms with Gasteiger partial charge in [-0.15, -0.1) is 0 Å². The summed E-state index contributed by atoms with van der Waals surface area (Å²) in [6.45, 7) is 0. The fourth-order valence-corrected chi connectivity index (χ4v) is 2.77. The van der Waals surface area contributed by atoms with Crippen LogP contribution in [0, 0.1) is 11.6 Å². The molecular formula is C15H14F2N2. The highest BCUT2D eigenvalue weighted by molar-refractivity contribution is 5.43. The van der Waals surface area contributed by atoms with Crippen LogP contribution in [0.25, 0.3) is 0 Å². The summed E-state index contributed by atoms with van der Waals surface area (Å²) in [7, 11) is 0. The molecule has 1 aliphatic rings. The Morgan fingerprint density at radius 3 is 2.68 bits per heavy atom. The molecule has 0 bridgehead atoms. The van der Waals surface area contributed by atoms with E-state index in [2.05, 4.69) is 5.43 Å². The van der Waals surface area contributed by atoms with Crippen LogP contribution in [0.1, 0.15) is 28.7 Å². The zero-order valence-corrected chi connectivity index (χ0v) is 10.2. The summed E-state index contributed by atoms with van der Waals surface area (Å²) in [4.78, 5) is 0. The van der Waals surface area contributed by atoms with Gasteiger partial charge in [0.2, 0.25) is 0 Å². The largest absolute Gasteiger partial charge is 0.271 e. The maximum atomic E-state index is 13.8. The predicted octanol–water partition coefficient (Wildman–Crippen LogP) is 2.81. The zero-order chi connectivity index (χ0) is 13.4. The average Bonchev–Trinajstić information content (AvgIpc) is 2.39. The van der Waals surface area contributed by atoms with Gasteiger partial charge in [-0.05, 0) is 35.7 Å². The molecule has 2 aromatic carbocycles. The molecular weight excluding hydrogens is 246 g/mol. The standard InChI is InChI=1S/C15H14F2N2/c16-10-5-6-14(17)13(8-10)15(19-18)12-7-9-3-1-2-4-11(9)12/h1-6,8,12,15,19H,7,18H2. The van der Waals surface area contributed by atoms with Crippen molar-refractivity contribution in [3.63, 3.8) is 0 Å². The number of nitrogens with one attached hydrogen (secondary N) is 1. The fraction of sp³-hybridized carbons (Fsp3) is 0.200. The number of hydrogen-bond donors (Lipinski definition) is 2. The molecule has 3 rings (SSSR count). The van der Waals surface area contributed by atoms with Crippen molar-refractivity contribution in [1.82, 2.24) is 5.43 Å². The second kappa shape index (κ2) is 4.72. The van der Waals surface area contributed by atoms with Gasteiger partial charge in [-0.25, -0.2) is 8.78 Å². The molecule has 4 heteroatoms. The summed E-state index contributed by atoms with van der Waals surface area (Å²) in [5.74, 6) is 4.74. The van der Waals surface area contributed by atoms with Crippen LogP contribution < -0.4 is 11.3 Å². The van der Waals surface area contributed by atoms with Gasteiger partial charge in [0.15, 0.2) is 0 Å². The summed E-state index contributed by atoms with van der Waals surface area (Å²) in [5.41, 5.74) is 5.29. The third kappa shape index (κ3) is 2.03. The number of hydrazine groups is 1. The number of nitrogens with two attached hydrogens (primary N) is 1. The van der Waals surface area contributed by atoms with Gasteiger partial charge in [-0.1, -0.05) is 24.3 Å². The second-order valence-electron chi connectivity index (χ2n) is 4.82. The molecule has 1 aliphatic carbocycles. The number of rotatable bonds is 3. The predicted molar refractivity (Wildman–Crippen MR) is 69.3 cm³/mol. The van der Waals surface area contributed by atoms with E-state index in [1.807, 2.05) is 24.3 Å². The molecule has 0 saturated carbocycles. The quantitative estimate of drug-likeness (QED) is 0.658. The molecule has 98 valence electrons. The van der Waals surface area contributed by atoms with E-state index in [9.17, 15) is 8.78 Å². The highest BCUT2D eigenvalue weighted by atomic mass is 19.1. The van der Waals surface area contributed by atoms with E-state index in [1.54, 1.807) is 0 Å². The second-order valence-corrected chi connectivity index (χ2v) is 4.82. The van der Waals surface area contributed by atoms with Gasteiger partial charge in [-0.2, -0.15) is 0 Å². The number of benzene rings is 2. The van der Waals surface area contributed by atoms with Crippen molar-refractivity contribution in [2.45, 2.75) is 18.4 Å². The van der Waals surface area contributed by atoms with Crippen molar-refractivity contribution < 1.29 is 8.78 Å². The molecule has 0 radical (unpaired) electrons. The summed E-state index contributed by atoms with van der Waals surface area (Å²) >= 11 is 0. The number of hydrogen-bond acceptors (Lipinski definition) is 2. The van der Waals surface area contributed by atoms with Crippen molar-refractivity contribution in [2.24, 2.45) is 5.84 Å². The van der Waals surface area contributed by atoms with Gasteiger partial charge in [0, 0.05) is 11.5 Å². The van der Waals surface area contributed by atoms with Gasteiger partial charge >= 0.3 is 0 Å². The van der Waals surface area contributed by atoms with Crippen molar-refractivity contribution in [3.8, 4) is 0 Å². The summed E-state index contributed by atoms with van der Waals surface area (Å²) < 4.78 is 27.1. The maximum absolute atomic E-state index is 13.8. The maximum Gasteiger partial charge on any atom is 0.128 e. The Hall–Kier alpha value is -1.78. The lowest BCUT2D eigenvalue weighted by Gasteiger charge is -2.36. The third-order valence-electron chi connectivity index (χ3n) is 3.77. The molecule has 0 saturated heterocycles. The van der Waals surface area contributed by atoms with E-state index in [0.29, 0.717) is 0 Å². The van der Waals surface area contributed by atoms with E-state index in [-0.39, 0.29) is 11.5 Å². The molecule has 2 unspecified atom stereocenters. The molecule has 19 heavy (non-hydrogen) atoms. The van der Waals surface area contributed by atoms with E-state index in [4.69, 9.17) is 5.84 Å². The summed E-state index contributed by atoms with van der Waals surface area (Å²) in [5, 5.41) is 0. The lowest BCUT2D eigenvalue weighted by atomic mass is 9.72. The van der Waals surface area contributed by atoms with Gasteiger partial charge in [0.05, 0.1) is 6.04 Å². The minimum absolute atomic E-state index is 0.0810. The normalized spacial score (nSPS) is 18.6. The SMILES string of the molecule is NNC(c1cc(F)ccc1F)C1Cc2ccccc21. The highest BCUT2D eigenvalue weighted by Gasteiger charge is 2.34. The van der Waals surface area contributed by atoms with Crippen molar-refractivity contribution in [1.29, 1.82) is 0 Å². The Morgan fingerprint density at radius 1 is 1.16 bits per heavy atom. The van der Waals surface area contributed by atoms with Crippen LogP contribution in [0.5, 0.6) is 0 Å². The van der Waals surface area contributed by atoms with Crippen LogP contribution >= 0.6 is 0 Å². The zero-order valence-electron chi connectivity index (χ0n) is 10.2. The van der Waals surface area contributed by atoms with Gasteiger partial charge < -0.3 is 0 Å². The molecule has 0 aromatic heterocycles. The van der Waals surface area contributed by atoms with Crippen molar-refractivity contribution >= 4 is 0 Å². The number of fused-ring (bicyclic) bond motifs is 1. The Kier molecular flexibility index (Phi) is 3.05. The molecule has 2 nitrogen and oxygen atoms in total. The lowest BCUT2D eigenvalue weighted by molar-refractivity contribution is 0.402. The molecule has 0 fully saturated rings. The van der Waals surface area contributed by atoms with E-state index in [1.165, 1.54) is 11.6 Å². The third-order valence-corrected chi connectivity index (χ3v) is 3.77. The van der Waals surface area contributed by atoms with E-state index in [0.717, 1.165) is 24.1 Å². The Bertz CT molecular complexity index is 613. The molecule has 2 atom stereocenters. The van der Waals surface area contributed by atoms with Crippen LogP contribution in [-0.4, -0.2) is 0 Å². The first-order valence-corrected chi connectivity index (χ1v) is 6.19. The fourth-order valence-electron chi connectivity index (χ4n) is 2.77. The average molecular weight is 260 g/mol. The molecule has 0 aliphatic heterocycles.